The van der Waals surface area contributed by atoms with Gasteiger partial charge in [0.1, 0.15) is 11.4 Å². The largest absolute Gasteiger partial charge is 0.466 e. The molecule has 0 aliphatic carbocycles. The van der Waals surface area contributed by atoms with E-state index in [1.807, 2.05) is 11.8 Å². The number of fused-ring (bicyclic) bond motifs is 1. The van der Waals surface area contributed by atoms with E-state index in [1.54, 1.807) is 18.7 Å². The highest BCUT2D eigenvalue weighted by Gasteiger charge is 2.31. The fourth-order valence-electron chi connectivity index (χ4n) is 4.90. The van der Waals surface area contributed by atoms with E-state index in [2.05, 4.69) is 4.98 Å². The van der Waals surface area contributed by atoms with Crippen LogP contribution in [0.15, 0.2) is 11.1 Å². The quantitative estimate of drug-likeness (QED) is 0.600. The van der Waals surface area contributed by atoms with Gasteiger partial charge in [0.2, 0.25) is 5.91 Å². The van der Waals surface area contributed by atoms with Crippen LogP contribution in [-0.2, 0) is 20.9 Å². The van der Waals surface area contributed by atoms with Crippen LogP contribution in [0.2, 0.25) is 0 Å². The van der Waals surface area contributed by atoms with Crippen LogP contribution in [0.5, 0.6) is 0 Å². The number of ether oxygens (including phenoxy) is 1. The number of nitrogens with zero attached hydrogens (tertiary/aromatic N) is 4. The SMILES string of the molecule is CCOC(=O)C1CCN(C(=O)c2sc3ncn(CC(=O)N4CCCCC4C)c(=O)c3c2C)CC1. The first-order chi connectivity index (χ1) is 16.3. The maximum atomic E-state index is 13.2. The maximum Gasteiger partial charge on any atom is 0.309 e. The molecule has 2 aliphatic rings. The van der Waals surface area contributed by atoms with Crippen molar-refractivity contribution in [3.63, 3.8) is 0 Å². The fraction of sp³-hybridized carbons (Fsp3) is 0.625. The first-order valence-electron chi connectivity index (χ1n) is 12.1. The van der Waals surface area contributed by atoms with Crippen molar-refractivity contribution in [3.8, 4) is 0 Å². The van der Waals surface area contributed by atoms with Gasteiger partial charge in [-0.3, -0.25) is 23.7 Å². The Balaban J connectivity index is 1.51. The van der Waals surface area contributed by atoms with Crippen LogP contribution in [0.4, 0.5) is 0 Å². The number of rotatable bonds is 5. The minimum atomic E-state index is -0.295. The molecule has 1 atom stereocenters. The van der Waals surface area contributed by atoms with Gasteiger partial charge in [-0.15, -0.1) is 11.3 Å². The summed E-state index contributed by atoms with van der Waals surface area (Å²) in [6.07, 6.45) is 5.61. The summed E-state index contributed by atoms with van der Waals surface area (Å²) in [4.78, 5) is 60.2. The molecule has 2 saturated heterocycles. The molecule has 2 aliphatic heterocycles. The van der Waals surface area contributed by atoms with Crippen LogP contribution in [0.3, 0.4) is 0 Å². The Hall–Kier alpha value is -2.75. The normalized spacial score (nSPS) is 19.4. The molecule has 10 heteroatoms. The summed E-state index contributed by atoms with van der Waals surface area (Å²) in [6.45, 7) is 7.54. The molecule has 9 nitrogen and oxygen atoms in total. The van der Waals surface area contributed by atoms with Crippen LogP contribution >= 0.6 is 11.3 Å². The van der Waals surface area contributed by atoms with Crippen LogP contribution in [0, 0.1) is 12.8 Å². The number of hydrogen-bond acceptors (Lipinski definition) is 7. The summed E-state index contributed by atoms with van der Waals surface area (Å²) in [5.41, 5.74) is 0.306. The van der Waals surface area contributed by atoms with Gasteiger partial charge in [0.25, 0.3) is 11.5 Å². The molecule has 4 rings (SSSR count). The summed E-state index contributed by atoms with van der Waals surface area (Å²) in [7, 11) is 0. The van der Waals surface area contributed by atoms with Gasteiger partial charge in [-0.05, 0) is 58.4 Å². The van der Waals surface area contributed by atoms with Gasteiger partial charge < -0.3 is 14.5 Å². The van der Waals surface area contributed by atoms with E-state index in [0.29, 0.717) is 59.7 Å². The van der Waals surface area contributed by atoms with Crippen molar-refractivity contribution in [1.29, 1.82) is 0 Å². The number of carbonyl (C=O) groups excluding carboxylic acids is 3. The third-order valence-corrected chi connectivity index (χ3v) is 8.13. The van der Waals surface area contributed by atoms with Gasteiger partial charge in [0, 0.05) is 25.7 Å². The van der Waals surface area contributed by atoms with Gasteiger partial charge in [0.15, 0.2) is 0 Å². The molecule has 2 aromatic rings. The third-order valence-electron chi connectivity index (χ3n) is 6.94. The molecule has 184 valence electrons. The lowest BCUT2D eigenvalue weighted by Crippen LogP contribution is -2.44. The van der Waals surface area contributed by atoms with Crippen molar-refractivity contribution in [2.24, 2.45) is 5.92 Å². The highest BCUT2D eigenvalue weighted by molar-refractivity contribution is 7.20. The van der Waals surface area contributed by atoms with E-state index < -0.39 is 0 Å². The Kier molecular flexibility index (Phi) is 7.35. The summed E-state index contributed by atoms with van der Waals surface area (Å²) in [5, 5.41) is 0.400. The highest BCUT2D eigenvalue weighted by atomic mass is 32.1. The van der Waals surface area contributed by atoms with Crippen LogP contribution < -0.4 is 5.56 Å². The van der Waals surface area contributed by atoms with Gasteiger partial charge in [-0.1, -0.05) is 0 Å². The molecule has 0 radical (unpaired) electrons. The van der Waals surface area contributed by atoms with E-state index in [0.717, 1.165) is 19.3 Å². The predicted octanol–water partition coefficient (Wildman–Crippen LogP) is 2.58. The second-order valence-electron chi connectivity index (χ2n) is 9.16. The molecule has 1 unspecified atom stereocenters. The van der Waals surface area contributed by atoms with Crippen molar-refractivity contribution >= 4 is 39.3 Å². The maximum absolute atomic E-state index is 13.2. The topological polar surface area (TPSA) is 102 Å². The Morgan fingerprint density at radius 1 is 1.15 bits per heavy atom. The number of amides is 2. The number of esters is 1. The monoisotopic (exact) mass is 488 g/mol. The molecule has 2 aromatic heterocycles. The molecular weight excluding hydrogens is 456 g/mol. The van der Waals surface area contributed by atoms with Gasteiger partial charge in [0.05, 0.1) is 29.1 Å². The van der Waals surface area contributed by atoms with Crippen LogP contribution in [0.25, 0.3) is 10.2 Å². The zero-order chi connectivity index (χ0) is 24.4. The number of aromatic nitrogens is 2. The lowest BCUT2D eigenvalue weighted by molar-refractivity contribution is -0.149. The molecule has 2 amide bonds. The number of hydrogen-bond donors (Lipinski definition) is 0. The molecular formula is C24H32N4O5S. The van der Waals surface area contributed by atoms with Crippen LogP contribution in [0.1, 0.15) is 61.2 Å². The van der Waals surface area contributed by atoms with E-state index in [9.17, 15) is 19.2 Å². The predicted molar refractivity (Wildman–Crippen MR) is 129 cm³/mol. The minimum absolute atomic E-state index is 0.0496. The fourth-order valence-corrected chi connectivity index (χ4v) is 6.01. The van der Waals surface area contributed by atoms with E-state index in [-0.39, 0.29) is 41.8 Å². The molecule has 2 fully saturated rings. The second kappa shape index (κ2) is 10.2. The molecule has 4 heterocycles. The Bertz CT molecular complexity index is 1150. The van der Waals surface area contributed by atoms with Crippen molar-refractivity contribution in [3.05, 3.63) is 27.1 Å². The van der Waals surface area contributed by atoms with Crippen molar-refractivity contribution in [2.45, 2.75) is 65.5 Å². The molecule has 0 bridgehead atoms. The van der Waals surface area contributed by atoms with E-state index in [1.165, 1.54) is 22.2 Å². The molecule has 0 N–H and O–H groups in total. The standard InChI is InChI=1S/C24H32N4O5S/c1-4-33-24(32)17-8-11-26(12-9-17)23(31)20-16(3)19-21(34-20)25-14-27(22(19)30)13-18(29)28-10-6-5-7-15(28)2/h14-15,17H,4-13H2,1-3H3. The smallest absolute Gasteiger partial charge is 0.309 e. The third kappa shape index (κ3) is 4.73. The molecule has 0 aromatic carbocycles. The van der Waals surface area contributed by atoms with Gasteiger partial charge in [-0.25, -0.2) is 4.98 Å². The lowest BCUT2D eigenvalue weighted by Gasteiger charge is -2.33. The van der Waals surface area contributed by atoms with Gasteiger partial charge >= 0.3 is 5.97 Å². The summed E-state index contributed by atoms with van der Waals surface area (Å²) >= 11 is 1.21. The van der Waals surface area contributed by atoms with Crippen molar-refractivity contribution in [2.75, 3.05) is 26.2 Å². The highest BCUT2D eigenvalue weighted by Crippen LogP contribution is 2.30. The molecule has 0 saturated carbocycles. The van der Waals surface area contributed by atoms with E-state index in [4.69, 9.17) is 4.74 Å². The zero-order valence-electron chi connectivity index (χ0n) is 20.0. The lowest BCUT2D eigenvalue weighted by atomic mass is 9.97. The minimum Gasteiger partial charge on any atom is -0.466 e. The number of aryl methyl sites for hydroxylation is 1. The van der Waals surface area contributed by atoms with Gasteiger partial charge in [-0.2, -0.15) is 0 Å². The summed E-state index contributed by atoms with van der Waals surface area (Å²) < 4.78 is 6.46. The Labute approximate surface area is 202 Å². The first kappa shape index (κ1) is 24.4. The first-order valence-corrected chi connectivity index (χ1v) is 12.9. The van der Waals surface area contributed by atoms with E-state index >= 15 is 0 Å². The zero-order valence-corrected chi connectivity index (χ0v) is 20.9. The number of thiophene rings is 1. The molecule has 0 spiro atoms. The summed E-state index contributed by atoms with van der Waals surface area (Å²) in [6, 6.07) is 0.175. The average molecular weight is 489 g/mol. The Morgan fingerprint density at radius 3 is 2.56 bits per heavy atom. The second-order valence-corrected chi connectivity index (χ2v) is 10.2. The number of likely N-dealkylation sites (tertiary alicyclic amines) is 2. The van der Waals surface area contributed by atoms with Crippen molar-refractivity contribution in [1.82, 2.24) is 19.4 Å². The number of carbonyl (C=O) groups is 3. The number of piperidine rings is 2. The molecule has 34 heavy (non-hydrogen) atoms. The average Bonchev–Trinajstić information content (AvgIpc) is 3.17. The van der Waals surface area contributed by atoms with Crippen LogP contribution in [-0.4, -0.2) is 69.4 Å². The summed E-state index contributed by atoms with van der Waals surface area (Å²) in [5.74, 6) is -0.608. The van der Waals surface area contributed by atoms with Crippen molar-refractivity contribution < 1.29 is 19.1 Å². The Morgan fingerprint density at radius 2 is 1.88 bits per heavy atom.